The maximum atomic E-state index is 11.8. The number of aromatic amines is 1. The Kier molecular flexibility index (Phi) is 4.38. The van der Waals surface area contributed by atoms with Gasteiger partial charge < -0.3 is 4.98 Å². The molecule has 0 saturated carbocycles. The van der Waals surface area contributed by atoms with E-state index < -0.39 is 17.4 Å². The van der Waals surface area contributed by atoms with Crippen LogP contribution in [0.3, 0.4) is 0 Å². The van der Waals surface area contributed by atoms with Crippen molar-refractivity contribution in [3.05, 3.63) is 59.0 Å². The number of hydrogen-bond acceptors (Lipinski definition) is 3. The molecule has 2 aromatic heterocycles. The predicted octanol–water partition coefficient (Wildman–Crippen LogP) is 1.87. The highest BCUT2D eigenvalue weighted by Crippen LogP contribution is 2.25. The molecule has 0 bridgehead atoms. The lowest BCUT2D eigenvalue weighted by molar-refractivity contribution is -0.141. The van der Waals surface area contributed by atoms with Gasteiger partial charge in [-0.15, -0.1) is 0 Å². The second-order valence-electron chi connectivity index (χ2n) is 2.83. The highest BCUT2D eigenvalue weighted by molar-refractivity contribution is 4.99. The summed E-state index contributed by atoms with van der Waals surface area (Å²) in [5, 5.41) is 0. The summed E-state index contributed by atoms with van der Waals surface area (Å²) in [7, 11) is 0. The Morgan fingerprint density at radius 3 is 1.94 bits per heavy atom. The van der Waals surface area contributed by atoms with Gasteiger partial charge in [-0.05, 0) is 12.1 Å². The predicted molar refractivity (Wildman–Crippen MR) is 54.1 cm³/mol. The van der Waals surface area contributed by atoms with Crippen molar-refractivity contribution in [2.75, 3.05) is 0 Å². The van der Waals surface area contributed by atoms with E-state index in [0.29, 0.717) is 6.20 Å². The van der Waals surface area contributed by atoms with E-state index in [0.717, 1.165) is 6.20 Å². The van der Waals surface area contributed by atoms with Crippen molar-refractivity contribution in [3.63, 3.8) is 0 Å². The van der Waals surface area contributed by atoms with Crippen LogP contribution in [0.25, 0.3) is 0 Å². The van der Waals surface area contributed by atoms with E-state index in [4.69, 9.17) is 0 Å². The van der Waals surface area contributed by atoms with Crippen LogP contribution in [0, 0.1) is 0 Å². The molecule has 0 aromatic carbocycles. The normalized spacial score (nSPS) is 10.3. The zero-order valence-electron chi connectivity index (χ0n) is 8.48. The molecule has 1 N–H and O–H groups in total. The smallest absolute Gasteiger partial charge is 0.316 e. The molecule has 0 fully saturated rings. The summed E-state index contributed by atoms with van der Waals surface area (Å²) < 4.78 is 35.3. The average molecular weight is 243 g/mol. The molecule has 0 saturated heterocycles. The number of rotatable bonds is 0. The van der Waals surface area contributed by atoms with Crippen molar-refractivity contribution < 1.29 is 13.2 Å². The minimum absolute atomic E-state index is 0.557. The fourth-order valence-electron chi connectivity index (χ4n) is 0.833. The lowest BCUT2D eigenvalue weighted by atomic mass is 10.4. The van der Waals surface area contributed by atoms with E-state index in [9.17, 15) is 18.0 Å². The van der Waals surface area contributed by atoms with Crippen LogP contribution in [0.1, 0.15) is 5.69 Å². The van der Waals surface area contributed by atoms with Gasteiger partial charge in [-0.3, -0.25) is 14.8 Å². The standard InChI is InChI=1S/C5H3F3N2O.C5H5N/c6-5(7,8)3-1-9-2-4(11)10-3;1-2-4-6-5-3-1/h1-2H,(H,10,11);1-5H. The van der Waals surface area contributed by atoms with Crippen LogP contribution in [-0.4, -0.2) is 15.0 Å². The van der Waals surface area contributed by atoms with Crippen LogP contribution in [0.5, 0.6) is 0 Å². The molecular formula is C10H8F3N3O. The molecule has 2 heterocycles. The third-order valence-corrected chi connectivity index (χ3v) is 1.53. The molecule has 2 aromatic rings. The van der Waals surface area contributed by atoms with Gasteiger partial charge in [0.05, 0.1) is 12.4 Å². The van der Waals surface area contributed by atoms with Crippen LogP contribution in [0.2, 0.25) is 0 Å². The van der Waals surface area contributed by atoms with Gasteiger partial charge in [0, 0.05) is 12.4 Å². The van der Waals surface area contributed by atoms with Gasteiger partial charge in [-0.25, -0.2) is 0 Å². The van der Waals surface area contributed by atoms with Crippen molar-refractivity contribution in [1.29, 1.82) is 0 Å². The zero-order chi connectivity index (χ0) is 12.7. The molecule has 7 heteroatoms. The van der Waals surface area contributed by atoms with Crippen molar-refractivity contribution >= 4 is 0 Å². The van der Waals surface area contributed by atoms with Crippen molar-refractivity contribution in [1.82, 2.24) is 15.0 Å². The number of hydrogen-bond donors (Lipinski definition) is 1. The Hall–Kier alpha value is -2.18. The van der Waals surface area contributed by atoms with Crippen LogP contribution in [0.15, 0.2) is 47.8 Å². The van der Waals surface area contributed by atoms with E-state index >= 15 is 0 Å². The summed E-state index contributed by atoms with van der Waals surface area (Å²) in [5.74, 6) is 0. The molecule has 0 unspecified atom stereocenters. The molecule has 0 aliphatic heterocycles. The quantitative estimate of drug-likeness (QED) is 0.768. The Morgan fingerprint density at radius 1 is 1.00 bits per heavy atom. The van der Waals surface area contributed by atoms with Crippen LogP contribution in [0.4, 0.5) is 13.2 Å². The molecule has 0 amide bonds. The van der Waals surface area contributed by atoms with Crippen molar-refractivity contribution in [2.24, 2.45) is 0 Å². The molecule has 0 aliphatic rings. The first-order chi connectivity index (χ1) is 8.00. The molecular weight excluding hydrogens is 235 g/mol. The van der Waals surface area contributed by atoms with Crippen LogP contribution >= 0.6 is 0 Å². The van der Waals surface area contributed by atoms with Crippen LogP contribution in [-0.2, 0) is 6.18 Å². The molecule has 17 heavy (non-hydrogen) atoms. The lowest BCUT2D eigenvalue weighted by Gasteiger charge is -2.03. The Morgan fingerprint density at radius 2 is 1.65 bits per heavy atom. The summed E-state index contributed by atoms with van der Waals surface area (Å²) in [6.07, 6.45) is 0.296. The third kappa shape index (κ3) is 4.92. The van der Waals surface area contributed by atoms with E-state index in [2.05, 4.69) is 9.97 Å². The Balaban J connectivity index is 0.000000202. The Bertz CT molecular complexity index is 469. The number of pyridine rings is 1. The minimum Gasteiger partial charge on any atom is -0.316 e. The van der Waals surface area contributed by atoms with Gasteiger partial charge in [0.25, 0.3) is 5.56 Å². The first kappa shape index (κ1) is 12.9. The molecule has 90 valence electrons. The number of alkyl halides is 3. The average Bonchev–Trinajstić information content (AvgIpc) is 2.31. The first-order valence-corrected chi connectivity index (χ1v) is 4.46. The fourth-order valence-corrected chi connectivity index (χ4v) is 0.833. The molecule has 0 aliphatic carbocycles. The third-order valence-electron chi connectivity index (χ3n) is 1.53. The van der Waals surface area contributed by atoms with E-state index in [1.807, 2.05) is 18.2 Å². The summed E-state index contributed by atoms with van der Waals surface area (Å²) in [5.41, 5.74) is -2.00. The monoisotopic (exact) mass is 243 g/mol. The summed E-state index contributed by atoms with van der Waals surface area (Å²) in [6, 6.07) is 5.72. The van der Waals surface area contributed by atoms with Gasteiger partial charge >= 0.3 is 6.18 Å². The number of aromatic nitrogens is 3. The van der Waals surface area contributed by atoms with Crippen LogP contribution < -0.4 is 5.56 Å². The summed E-state index contributed by atoms with van der Waals surface area (Å²) in [4.78, 5) is 18.8. The zero-order valence-corrected chi connectivity index (χ0v) is 8.48. The lowest BCUT2D eigenvalue weighted by Crippen LogP contribution is -2.15. The highest BCUT2D eigenvalue weighted by atomic mass is 19.4. The minimum atomic E-state index is -4.53. The second kappa shape index (κ2) is 5.78. The highest BCUT2D eigenvalue weighted by Gasteiger charge is 2.31. The van der Waals surface area contributed by atoms with Gasteiger partial charge in [0.2, 0.25) is 0 Å². The molecule has 0 radical (unpaired) electrons. The molecule has 0 atom stereocenters. The second-order valence-corrected chi connectivity index (χ2v) is 2.83. The van der Waals surface area contributed by atoms with Gasteiger partial charge in [-0.1, -0.05) is 6.07 Å². The SMILES string of the molecule is O=c1cncc(C(F)(F)F)[nH]1.c1ccncc1. The molecule has 0 spiro atoms. The van der Waals surface area contributed by atoms with Gasteiger partial charge in [0.1, 0.15) is 5.69 Å². The van der Waals surface area contributed by atoms with E-state index in [1.165, 1.54) is 0 Å². The maximum Gasteiger partial charge on any atom is 0.432 e. The number of halogens is 3. The van der Waals surface area contributed by atoms with E-state index in [1.54, 1.807) is 17.4 Å². The van der Waals surface area contributed by atoms with Crippen molar-refractivity contribution in [2.45, 2.75) is 6.18 Å². The molecule has 4 nitrogen and oxygen atoms in total. The molecule has 2 rings (SSSR count). The number of nitrogens with zero attached hydrogens (tertiary/aromatic N) is 2. The van der Waals surface area contributed by atoms with Gasteiger partial charge in [0.15, 0.2) is 0 Å². The van der Waals surface area contributed by atoms with Crippen molar-refractivity contribution in [3.8, 4) is 0 Å². The number of H-pyrrole nitrogens is 1. The summed E-state index contributed by atoms with van der Waals surface area (Å²) in [6.45, 7) is 0. The summed E-state index contributed by atoms with van der Waals surface area (Å²) >= 11 is 0. The number of nitrogens with one attached hydrogen (secondary N) is 1. The largest absolute Gasteiger partial charge is 0.432 e. The fraction of sp³-hybridized carbons (Fsp3) is 0.100. The van der Waals surface area contributed by atoms with E-state index in [-0.39, 0.29) is 0 Å². The first-order valence-electron chi connectivity index (χ1n) is 4.46. The maximum absolute atomic E-state index is 11.8. The Labute approximate surface area is 94.2 Å². The topological polar surface area (TPSA) is 58.6 Å². The van der Waals surface area contributed by atoms with Gasteiger partial charge in [-0.2, -0.15) is 13.2 Å².